The van der Waals surface area contributed by atoms with Crippen molar-refractivity contribution in [2.45, 2.75) is 33.4 Å². The first kappa shape index (κ1) is 13.5. The summed E-state index contributed by atoms with van der Waals surface area (Å²) in [6.07, 6.45) is 1.83. The number of pyridine rings is 1. The Morgan fingerprint density at radius 2 is 2.24 bits per heavy atom. The van der Waals surface area contributed by atoms with E-state index in [0.717, 1.165) is 5.56 Å². The second-order valence-electron chi connectivity index (χ2n) is 4.30. The Bertz CT molecular complexity index is 384. The molecular weight excluding hydrogens is 214 g/mol. The van der Waals surface area contributed by atoms with Crippen LogP contribution >= 0.6 is 0 Å². The third-order valence-electron chi connectivity index (χ3n) is 2.18. The van der Waals surface area contributed by atoms with E-state index < -0.39 is 0 Å². The van der Waals surface area contributed by atoms with Crippen molar-refractivity contribution in [3.05, 3.63) is 23.9 Å². The third-order valence-corrected chi connectivity index (χ3v) is 2.18. The van der Waals surface area contributed by atoms with Gasteiger partial charge in [-0.05, 0) is 26.8 Å². The molecule has 0 saturated carbocycles. The quantitative estimate of drug-likeness (QED) is 0.817. The Labute approximate surface area is 103 Å². The molecule has 92 valence electrons. The van der Waals surface area contributed by atoms with Gasteiger partial charge in [-0.1, -0.05) is 6.07 Å². The van der Waals surface area contributed by atoms with Gasteiger partial charge in [-0.2, -0.15) is 5.26 Å². The lowest BCUT2D eigenvalue weighted by Crippen LogP contribution is -2.21. The molecule has 1 aromatic rings. The van der Waals surface area contributed by atoms with Crippen LogP contribution < -0.4 is 10.1 Å². The molecule has 17 heavy (non-hydrogen) atoms. The maximum absolute atomic E-state index is 8.68. The van der Waals surface area contributed by atoms with Crippen molar-refractivity contribution in [3.8, 4) is 11.9 Å². The number of hydrogen-bond donors (Lipinski definition) is 1. The number of ether oxygens (including phenoxy) is 1. The standard InChI is InChI=1S/C13H19N3O/c1-10(2)17-13-12(5-4-6-16-13)9-15-8-11(3)7-14/h4-6,10-11,15H,8-9H2,1-3H3. The van der Waals surface area contributed by atoms with Gasteiger partial charge < -0.3 is 10.1 Å². The van der Waals surface area contributed by atoms with Crippen LogP contribution in [0.25, 0.3) is 0 Å². The van der Waals surface area contributed by atoms with Gasteiger partial charge in [-0.25, -0.2) is 4.98 Å². The molecule has 1 heterocycles. The van der Waals surface area contributed by atoms with E-state index in [0.29, 0.717) is 19.0 Å². The van der Waals surface area contributed by atoms with Crippen molar-refractivity contribution >= 4 is 0 Å². The number of nitriles is 1. The summed E-state index contributed by atoms with van der Waals surface area (Å²) >= 11 is 0. The predicted octanol–water partition coefficient (Wildman–Crippen LogP) is 2.12. The largest absolute Gasteiger partial charge is 0.475 e. The van der Waals surface area contributed by atoms with Gasteiger partial charge in [0.15, 0.2) is 0 Å². The maximum atomic E-state index is 8.68. The Kier molecular flexibility index (Phi) is 5.44. The molecule has 1 unspecified atom stereocenters. The van der Waals surface area contributed by atoms with E-state index in [-0.39, 0.29) is 12.0 Å². The van der Waals surface area contributed by atoms with Crippen molar-refractivity contribution < 1.29 is 4.74 Å². The van der Waals surface area contributed by atoms with Gasteiger partial charge in [0.2, 0.25) is 5.88 Å². The topological polar surface area (TPSA) is 57.9 Å². The number of rotatable bonds is 6. The van der Waals surface area contributed by atoms with Crippen LogP contribution in [0.3, 0.4) is 0 Å². The monoisotopic (exact) mass is 233 g/mol. The summed E-state index contributed by atoms with van der Waals surface area (Å²) < 4.78 is 5.61. The fraction of sp³-hybridized carbons (Fsp3) is 0.538. The summed E-state index contributed by atoms with van der Waals surface area (Å²) in [5, 5.41) is 11.9. The maximum Gasteiger partial charge on any atom is 0.218 e. The van der Waals surface area contributed by atoms with Crippen molar-refractivity contribution in [1.29, 1.82) is 5.26 Å². The lowest BCUT2D eigenvalue weighted by atomic mass is 10.2. The number of nitrogens with zero attached hydrogens (tertiary/aromatic N) is 2. The van der Waals surface area contributed by atoms with Crippen LogP contribution in [0.2, 0.25) is 0 Å². The Balaban J connectivity index is 2.55. The summed E-state index contributed by atoms with van der Waals surface area (Å²) in [5.74, 6) is 0.681. The van der Waals surface area contributed by atoms with E-state index in [2.05, 4.69) is 16.4 Å². The van der Waals surface area contributed by atoms with Gasteiger partial charge in [-0.3, -0.25) is 0 Å². The zero-order chi connectivity index (χ0) is 12.7. The van der Waals surface area contributed by atoms with E-state index in [1.807, 2.05) is 32.9 Å². The molecule has 1 aromatic heterocycles. The van der Waals surface area contributed by atoms with Crippen LogP contribution in [0.5, 0.6) is 5.88 Å². The number of aromatic nitrogens is 1. The smallest absolute Gasteiger partial charge is 0.218 e. The Morgan fingerprint density at radius 3 is 2.88 bits per heavy atom. The minimum Gasteiger partial charge on any atom is -0.475 e. The third kappa shape index (κ3) is 4.83. The van der Waals surface area contributed by atoms with Crippen molar-refractivity contribution in [3.63, 3.8) is 0 Å². The molecule has 0 bridgehead atoms. The van der Waals surface area contributed by atoms with Gasteiger partial charge in [0.05, 0.1) is 18.1 Å². The summed E-state index contributed by atoms with van der Waals surface area (Å²) in [6, 6.07) is 6.06. The second kappa shape index (κ2) is 6.87. The van der Waals surface area contributed by atoms with Crippen LogP contribution in [-0.4, -0.2) is 17.6 Å². The molecule has 4 nitrogen and oxygen atoms in total. The normalized spacial score (nSPS) is 12.2. The van der Waals surface area contributed by atoms with E-state index in [1.165, 1.54) is 0 Å². The molecule has 0 aromatic carbocycles. The van der Waals surface area contributed by atoms with Gasteiger partial charge in [0.25, 0.3) is 0 Å². The first-order chi connectivity index (χ1) is 8.13. The van der Waals surface area contributed by atoms with E-state index in [4.69, 9.17) is 10.00 Å². The molecule has 4 heteroatoms. The SMILES string of the molecule is CC(C#N)CNCc1cccnc1OC(C)C. The Hall–Kier alpha value is -1.60. The van der Waals surface area contributed by atoms with Gasteiger partial charge in [0.1, 0.15) is 0 Å². The molecule has 0 saturated heterocycles. The highest BCUT2D eigenvalue weighted by Crippen LogP contribution is 2.15. The average Bonchev–Trinajstić information content (AvgIpc) is 2.30. The van der Waals surface area contributed by atoms with Crippen molar-refractivity contribution in [2.24, 2.45) is 5.92 Å². The minimum atomic E-state index is 0.0149. The molecule has 0 spiro atoms. The zero-order valence-corrected chi connectivity index (χ0v) is 10.6. The fourth-order valence-electron chi connectivity index (χ4n) is 1.36. The van der Waals surface area contributed by atoms with Crippen molar-refractivity contribution in [1.82, 2.24) is 10.3 Å². The first-order valence-corrected chi connectivity index (χ1v) is 5.84. The average molecular weight is 233 g/mol. The number of hydrogen-bond acceptors (Lipinski definition) is 4. The van der Waals surface area contributed by atoms with Crippen molar-refractivity contribution in [2.75, 3.05) is 6.54 Å². The lowest BCUT2D eigenvalue weighted by molar-refractivity contribution is 0.229. The fourth-order valence-corrected chi connectivity index (χ4v) is 1.36. The predicted molar refractivity (Wildman–Crippen MR) is 66.5 cm³/mol. The molecule has 0 aliphatic heterocycles. The zero-order valence-electron chi connectivity index (χ0n) is 10.6. The van der Waals surface area contributed by atoms with Crippen LogP contribution in [0.4, 0.5) is 0 Å². The van der Waals surface area contributed by atoms with Crippen LogP contribution in [-0.2, 0) is 6.54 Å². The molecule has 0 aliphatic carbocycles. The second-order valence-corrected chi connectivity index (χ2v) is 4.30. The highest BCUT2D eigenvalue weighted by Gasteiger charge is 2.06. The molecule has 1 rings (SSSR count). The van der Waals surface area contributed by atoms with Gasteiger partial charge >= 0.3 is 0 Å². The molecule has 0 radical (unpaired) electrons. The lowest BCUT2D eigenvalue weighted by Gasteiger charge is -2.13. The van der Waals surface area contributed by atoms with Gasteiger partial charge in [-0.15, -0.1) is 0 Å². The first-order valence-electron chi connectivity index (χ1n) is 5.84. The molecule has 0 aliphatic rings. The molecule has 1 N–H and O–H groups in total. The summed E-state index contributed by atoms with van der Waals surface area (Å²) in [7, 11) is 0. The van der Waals surface area contributed by atoms with Crippen LogP contribution in [0.1, 0.15) is 26.3 Å². The molecule has 1 atom stereocenters. The number of nitrogens with one attached hydrogen (secondary N) is 1. The van der Waals surface area contributed by atoms with E-state index in [9.17, 15) is 0 Å². The highest BCUT2D eigenvalue weighted by molar-refractivity contribution is 5.25. The summed E-state index contributed by atoms with van der Waals surface area (Å²) in [4.78, 5) is 4.21. The van der Waals surface area contributed by atoms with Gasteiger partial charge in [0, 0.05) is 24.8 Å². The van der Waals surface area contributed by atoms with E-state index >= 15 is 0 Å². The molecular formula is C13H19N3O. The highest BCUT2D eigenvalue weighted by atomic mass is 16.5. The molecule has 0 amide bonds. The molecule has 0 fully saturated rings. The summed E-state index contributed by atoms with van der Waals surface area (Å²) in [6.45, 7) is 7.18. The van der Waals surface area contributed by atoms with Crippen LogP contribution in [0.15, 0.2) is 18.3 Å². The van der Waals surface area contributed by atoms with E-state index in [1.54, 1.807) is 6.20 Å². The minimum absolute atomic E-state index is 0.0149. The van der Waals surface area contributed by atoms with Crippen LogP contribution in [0, 0.1) is 17.2 Å². The Morgan fingerprint density at radius 1 is 1.47 bits per heavy atom. The summed E-state index contributed by atoms with van der Waals surface area (Å²) in [5.41, 5.74) is 1.02.